The number of hydrogen-bond donors (Lipinski definition) is 2. The van der Waals surface area contributed by atoms with E-state index in [0.717, 1.165) is 12.8 Å². The molecule has 0 amide bonds. The SMILES string of the molecule is C[C@H](CCC(O)C(C)(C)O)[C@H]1CC[C@H]2[C@@H]3C=CC4=CC(=O)CC[C@]4(C)C3(C)CC[C@]12C. The summed E-state index contributed by atoms with van der Waals surface area (Å²) in [5.41, 5.74) is 0.934. The number of ketones is 1. The van der Waals surface area contributed by atoms with E-state index in [-0.39, 0.29) is 10.8 Å². The van der Waals surface area contributed by atoms with Crippen molar-refractivity contribution in [2.45, 2.75) is 105 Å². The molecular weight excluding hydrogens is 384 g/mol. The third-order valence-corrected chi connectivity index (χ3v) is 10.8. The Hall–Kier alpha value is -0.930. The summed E-state index contributed by atoms with van der Waals surface area (Å²) >= 11 is 0. The maximum absolute atomic E-state index is 12.1. The topological polar surface area (TPSA) is 57.5 Å². The lowest BCUT2D eigenvalue weighted by molar-refractivity contribution is -0.119. The van der Waals surface area contributed by atoms with Crippen LogP contribution in [0.5, 0.6) is 0 Å². The van der Waals surface area contributed by atoms with Crippen LogP contribution in [0, 0.1) is 39.9 Å². The van der Waals surface area contributed by atoms with Crippen LogP contribution in [0.25, 0.3) is 0 Å². The molecule has 0 aliphatic heterocycles. The zero-order chi connectivity index (χ0) is 22.8. The minimum atomic E-state index is -1.02. The zero-order valence-electron chi connectivity index (χ0n) is 20.6. The van der Waals surface area contributed by atoms with Gasteiger partial charge in [0.1, 0.15) is 0 Å². The van der Waals surface area contributed by atoms with Crippen molar-refractivity contribution in [2.24, 2.45) is 39.9 Å². The zero-order valence-corrected chi connectivity index (χ0v) is 20.6. The molecule has 0 aromatic heterocycles. The standard InChI is InChI=1S/C28H44O3/c1-18(7-12-24(30)25(2,3)31)21-10-11-22-23-9-8-19-17-20(29)13-14-27(19,5)28(23,6)16-15-26(21,22)4/h8-9,17-18,21-24,30-31H,7,10-16H2,1-6H3/t18-,21-,22+,23+,24?,26-,27+,28?/m1/s1. The highest BCUT2D eigenvalue weighted by Gasteiger charge is 2.63. The number of carbonyl (C=O) groups excluding carboxylic acids is 1. The predicted molar refractivity (Wildman–Crippen MR) is 125 cm³/mol. The molecule has 2 fully saturated rings. The van der Waals surface area contributed by atoms with Gasteiger partial charge in [-0.1, -0.05) is 39.8 Å². The van der Waals surface area contributed by atoms with E-state index in [1.54, 1.807) is 13.8 Å². The van der Waals surface area contributed by atoms with Gasteiger partial charge in [0.2, 0.25) is 0 Å². The average molecular weight is 429 g/mol. The Kier molecular flexibility index (Phi) is 5.66. The number of fused-ring (bicyclic) bond motifs is 5. The lowest BCUT2D eigenvalue weighted by Crippen LogP contribution is -2.55. The van der Waals surface area contributed by atoms with Crippen LogP contribution in [0.4, 0.5) is 0 Å². The Morgan fingerprint density at radius 1 is 1.13 bits per heavy atom. The van der Waals surface area contributed by atoms with Gasteiger partial charge < -0.3 is 10.2 Å². The molecule has 31 heavy (non-hydrogen) atoms. The smallest absolute Gasteiger partial charge is 0.156 e. The monoisotopic (exact) mass is 428 g/mol. The number of carbonyl (C=O) groups is 1. The lowest BCUT2D eigenvalue weighted by atomic mass is 9.41. The fourth-order valence-electron chi connectivity index (χ4n) is 8.27. The molecule has 2 saturated carbocycles. The van der Waals surface area contributed by atoms with E-state index in [0.29, 0.717) is 47.7 Å². The number of aliphatic hydroxyl groups excluding tert-OH is 1. The van der Waals surface area contributed by atoms with Gasteiger partial charge in [0.25, 0.3) is 0 Å². The van der Waals surface area contributed by atoms with Crippen molar-refractivity contribution in [3.8, 4) is 0 Å². The first-order valence-electron chi connectivity index (χ1n) is 12.7. The Morgan fingerprint density at radius 3 is 2.52 bits per heavy atom. The normalized spacial score (nSPS) is 44.2. The second-order valence-corrected chi connectivity index (χ2v) is 12.7. The summed E-state index contributed by atoms with van der Waals surface area (Å²) in [5.74, 6) is 2.82. The molecule has 174 valence electrons. The average Bonchev–Trinajstić information content (AvgIpc) is 3.04. The molecule has 0 radical (unpaired) electrons. The van der Waals surface area contributed by atoms with Gasteiger partial charge in [-0.05, 0) is 110 Å². The van der Waals surface area contributed by atoms with Crippen molar-refractivity contribution in [1.29, 1.82) is 0 Å². The summed E-state index contributed by atoms with van der Waals surface area (Å²) in [7, 11) is 0. The summed E-state index contributed by atoms with van der Waals surface area (Å²) < 4.78 is 0. The van der Waals surface area contributed by atoms with E-state index in [1.165, 1.54) is 31.3 Å². The molecule has 2 unspecified atom stereocenters. The molecule has 0 aromatic carbocycles. The van der Waals surface area contributed by atoms with Gasteiger partial charge in [0, 0.05) is 6.42 Å². The Labute approximate surface area is 189 Å². The number of rotatable bonds is 5. The van der Waals surface area contributed by atoms with Crippen molar-refractivity contribution in [2.75, 3.05) is 0 Å². The van der Waals surface area contributed by atoms with Gasteiger partial charge in [0.05, 0.1) is 11.7 Å². The Balaban J connectivity index is 1.55. The first-order valence-corrected chi connectivity index (χ1v) is 12.7. The summed E-state index contributed by atoms with van der Waals surface area (Å²) in [4.78, 5) is 12.1. The molecule has 8 atom stereocenters. The van der Waals surface area contributed by atoms with Gasteiger partial charge >= 0.3 is 0 Å². The first-order chi connectivity index (χ1) is 14.3. The summed E-state index contributed by atoms with van der Waals surface area (Å²) in [6, 6.07) is 0. The van der Waals surface area contributed by atoms with Gasteiger partial charge in [-0.25, -0.2) is 0 Å². The highest BCUT2D eigenvalue weighted by atomic mass is 16.3. The molecule has 3 heteroatoms. The molecule has 0 aromatic rings. The van der Waals surface area contributed by atoms with Crippen LogP contribution in [0.3, 0.4) is 0 Å². The molecule has 4 aliphatic carbocycles. The molecule has 2 N–H and O–H groups in total. The quantitative estimate of drug-likeness (QED) is 0.577. The maximum Gasteiger partial charge on any atom is 0.156 e. The van der Waals surface area contributed by atoms with E-state index in [1.807, 2.05) is 6.08 Å². The summed E-state index contributed by atoms with van der Waals surface area (Å²) in [6.07, 6.45) is 14.4. The van der Waals surface area contributed by atoms with E-state index in [2.05, 4.69) is 39.8 Å². The van der Waals surface area contributed by atoms with Crippen molar-refractivity contribution >= 4 is 5.78 Å². The molecule has 0 spiro atoms. The number of aliphatic hydroxyl groups is 2. The Morgan fingerprint density at radius 2 is 1.84 bits per heavy atom. The maximum atomic E-state index is 12.1. The second kappa shape index (κ2) is 7.55. The van der Waals surface area contributed by atoms with Gasteiger partial charge in [-0.15, -0.1) is 0 Å². The number of allylic oxidation sites excluding steroid dienone is 4. The van der Waals surface area contributed by atoms with E-state index in [4.69, 9.17) is 0 Å². The third kappa shape index (κ3) is 3.50. The predicted octanol–water partition coefficient (Wildman–Crippen LogP) is 5.85. The molecule has 0 bridgehead atoms. The van der Waals surface area contributed by atoms with Crippen LogP contribution >= 0.6 is 0 Å². The third-order valence-electron chi connectivity index (χ3n) is 10.8. The van der Waals surface area contributed by atoms with Crippen LogP contribution in [0.1, 0.15) is 92.9 Å². The van der Waals surface area contributed by atoms with Crippen LogP contribution in [-0.4, -0.2) is 27.7 Å². The van der Waals surface area contributed by atoms with Gasteiger partial charge in [-0.3, -0.25) is 4.79 Å². The van der Waals surface area contributed by atoms with Crippen molar-refractivity contribution in [1.82, 2.24) is 0 Å². The second-order valence-electron chi connectivity index (χ2n) is 12.7. The van der Waals surface area contributed by atoms with Crippen molar-refractivity contribution in [3.05, 3.63) is 23.8 Å². The van der Waals surface area contributed by atoms with E-state index < -0.39 is 11.7 Å². The highest BCUT2D eigenvalue weighted by Crippen LogP contribution is 2.71. The molecule has 4 rings (SSSR count). The lowest BCUT2D eigenvalue weighted by Gasteiger charge is -2.62. The molecule has 0 saturated heterocycles. The fourth-order valence-corrected chi connectivity index (χ4v) is 8.27. The van der Waals surface area contributed by atoms with Crippen LogP contribution in [-0.2, 0) is 4.79 Å². The molecular formula is C28H44O3. The molecule has 4 aliphatic rings. The largest absolute Gasteiger partial charge is 0.390 e. The minimum Gasteiger partial charge on any atom is -0.390 e. The Bertz CT molecular complexity index is 789. The summed E-state index contributed by atoms with van der Waals surface area (Å²) in [5, 5.41) is 20.4. The van der Waals surface area contributed by atoms with Gasteiger partial charge in [0.15, 0.2) is 5.78 Å². The molecule has 0 heterocycles. The van der Waals surface area contributed by atoms with Crippen LogP contribution in [0.15, 0.2) is 23.8 Å². The number of hydrogen-bond acceptors (Lipinski definition) is 3. The van der Waals surface area contributed by atoms with Crippen molar-refractivity contribution < 1.29 is 15.0 Å². The van der Waals surface area contributed by atoms with E-state index in [9.17, 15) is 15.0 Å². The van der Waals surface area contributed by atoms with Crippen LogP contribution < -0.4 is 0 Å². The first kappa shape index (κ1) is 23.2. The minimum absolute atomic E-state index is 0.113. The fraction of sp³-hybridized carbons (Fsp3) is 0.821. The molecule has 3 nitrogen and oxygen atoms in total. The van der Waals surface area contributed by atoms with Crippen LogP contribution in [0.2, 0.25) is 0 Å². The summed E-state index contributed by atoms with van der Waals surface area (Å²) in [6.45, 7) is 13.3. The van der Waals surface area contributed by atoms with Gasteiger partial charge in [-0.2, -0.15) is 0 Å². The van der Waals surface area contributed by atoms with Crippen molar-refractivity contribution in [3.63, 3.8) is 0 Å². The highest BCUT2D eigenvalue weighted by molar-refractivity contribution is 5.92. The van der Waals surface area contributed by atoms with E-state index >= 15 is 0 Å².